The normalized spacial score (nSPS) is 21.0. The number of aliphatic hydroxyl groups is 1. The molecule has 2 rings (SSSR count). The van der Waals surface area contributed by atoms with Gasteiger partial charge in [-0.25, -0.2) is 4.79 Å². The van der Waals surface area contributed by atoms with Gasteiger partial charge in [0.2, 0.25) is 0 Å². The van der Waals surface area contributed by atoms with Crippen LogP contribution < -0.4 is 0 Å². The van der Waals surface area contributed by atoms with E-state index in [-0.39, 0.29) is 19.8 Å². The van der Waals surface area contributed by atoms with Crippen LogP contribution in [0.5, 0.6) is 0 Å². The monoisotopic (exact) mass is 295 g/mol. The van der Waals surface area contributed by atoms with Crippen molar-refractivity contribution in [3.63, 3.8) is 0 Å². The van der Waals surface area contributed by atoms with Crippen molar-refractivity contribution in [3.8, 4) is 0 Å². The number of hydrogen-bond acceptors (Lipinski definition) is 5. The zero-order valence-electron chi connectivity index (χ0n) is 11.3. The summed E-state index contributed by atoms with van der Waals surface area (Å²) in [6.45, 7) is -0.334. The first kappa shape index (κ1) is 15.3. The number of rotatable bonds is 5. The van der Waals surface area contributed by atoms with E-state index in [9.17, 15) is 14.7 Å². The van der Waals surface area contributed by atoms with Gasteiger partial charge in [0, 0.05) is 0 Å². The number of aliphatic carboxylic acids is 1. The molecule has 0 aliphatic carbocycles. The summed E-state index contributed by atoms with van der Waals surface area (Å²) in [5.41, 5.74) is 0.796. The van der Waals surface area contributed by atoms with Crippen LogP contribution in [-0.2, 0) is 20.9 Å². The van der Waals surface area contributed by atoms with E-state index in [1.165, 1.54) is 0 Å². The Labute approximate surface area is 121 Å². The summed E-state index contributed by atoms with van der Waals surface area (Å²) in [5.74, 6) is -1.18. The fourth-order valence-electron chi connectivity index (χ4n) is 2.09. The van der Waals surface area contributed by atoms with E-state index in [2.05, 4.69) is 0 Å². The van der Waals surface area contributed by atoms with Crippen molar-refractivity contribution in [2.75, 3.05) is 19.8 Å². The molecule has 2 atom stereocenters. The number of hydrogen-bond donors (Lipinski definition) is 2. The van der Waals surface area contributed by atoms with Crippen molar-refractivity contribution in [3.05, 3.63) is 35.9 Å². The van der Waals surface area contributed by atoms with Gasteiger partial charge < -0.3 is 19.7 Å². The molecule has 0 radical (unpaired) electrons. The average molecular weight is 295 g/mol. The Bertz CT molecular complexity index is 491. The van der Waals surface area contributed by atoms with Crippen LogP contribution in [0.2, 0.25) is 0 Å². The van der Waals surface area contributed by atoms with Crippen molar-refractivity contribution in [2.45, 2.75) is 18.8 Å². The largest absolute Gasteiger partial charge is 0.480 e. The predicted octanol–water partition coefficient (Wildman–Crippen LogP) is 0.470. The number of amides is 1. The van der Waals surface area contributed by atoms with Gasteiger partial charge >= 0.3 is 12.1 Å². The fourth-order valence-corrected chi connectivity index (χ4v) is 2.09. The Balaban J connectivity index is 1.98. The minimum atomic E-state index is -1.18. The molecule has 0 spiro atoms. The molecule has 1 aliphatic heterocycles. The lowest BCUT2D eigenvalue weighted by molar-refractivity contribution is -0.138. The van der Waals surface area contributed by atoms with Crippen molar-refractivity contribution >= 4 is 12.1 Å². The van der Waals surface area contributed by atoms with E-state index in [0.717, 1.165) is 10.5 Å². The first-order valence-electron chi connectivity index (χ1n) is 6.53. The zero-order chi connectivity index (χ0) is 15.2. The number of carbonyl (C=O) groups excluding carboxylic acids is 1. The maximum absolute atomic E-state index is 12.1. The molecule has 2 N–H and O–H groups in total. The molecule has 0 unspecified atom stereocenters. The number of aliphatic hydroxyl groups excluding tert-OH is 1. The molecule has 1 amide bonds. The number of carboxylic acid groups (broad SMARTS) is 1. The molecule has 1 fully saturated rings. The van der Waals surface area contributed by atoms with Crippen LogP contribution in [0.4, 0.5) is 4.79 Å². The molecule has 1 heterocycles. The summed E-state index contributed by atoms with van der Waals surface area (Å²) in [4.78, 5) is 23.9. The smallest absolute Gasteiger partial charge is 0.411 e. The molecule has 114 valence electrons. The molecule has 0 bridgehead atoms. The van der Waals surface area contributed by atoms with Crippen LogP contribution in [0.25, 0.3) is 0 Å². The third-order valence-corrected chi connectivity index (χ3v) is 3.17. The highest BCUT2D eigenvalue weighted by Gasteiger charge is 2.36. The zero-order valence-corrected chi connectivity index (χ0v) is 11.3. The van der Waals surface area contributed by atoms with Crippen molar-refractivity contribution in [1.82, 2.24) is 4.90 Å². The van der Waals surface area contributed by atoms with Crippen LogP contribution in [0.1, 0.15) is 5.56 Å². The Morgan fingerprint density at radius 3 is 2.57 bits per heavy atom. The minimum Gasteiger partial charge on any atom is -0.480 e. The van der Waals surface area contributed by atoms with Crippen LogP contribution in [0, 0.1) is 0 Å². The van der Waals surface area contributed by atoms with E-state index in [4.69, 9.17) is 14.6 Å². The van der Waals surface area contributed by atoms with E-state index in [1.54, 1.807) is 12.1 Å². The van der Waals surface area contributed by atoms with Crippen molar-refractivity contribution < 1.29 is 29.3 Å². The molecular formula is C14H17NO6. The number of benzene rings is 1. The number of ether oxygens (including phenoxy) is 2. The van der Waals surface area contributed by atoms with Gasteiger partial charge in [0.05, 0.1) is 19.3 Å². The van der Waals surface area contributed by atoms with E-state index in [0.29, 0.717) is 0 Å². The summed E-state index contributed by atoms with van der Waals surface area (Å²) < 4.78 is 10.2. The summed E-state index contributed by atoms with van der Waals surface area (Å²) >= 11 is 0. The van der Waals surface area contributed by atoms with Gasteiger partial charge in [0.25, 0.3) is 0 Å². The van der Waals surface area contributed by atoms with Gasteiger partial charge in [-0.15, -0.1) is 0 Å². The summed E-state index contributed by atoms with van der Waals surface area (Å²) in [6, 6.07) is 8.35. The highest BCUT2D eigenvalue weighted by atomic mass is 16.6. The highest BCUT2D eigenvalue weighted by Crippen LogP contribution is 2.15. The topological polar surface area (TPSA) is 96.3 Å². The van der Waals surface area contributed by atoms with Crippen LogP contribution in [0.15, 0.2) is 30.3 Å². The molecule has 21 heavy (non-hydrogen) atoms. The van der Waals surface area contributed by atoms with Crippen molar-refractivity contribution in [1.29, 1.82) is 0 Å². The first-order chi connectivity index (χ1) is 10.1. The average Bonchev–Trinajstić information content (AvgIpc) is 2.89. The molecule has 1 aromatic rings. The van der Waals surface area contributed by atoms with Gasteiger partial charge in [-0.2, -0.15) is 0 Å². The first-order valence-corrected chi connectivity index (χ1v) is 6.53. The Kier molecular flexibility index (Phi) is 5.13. The molecule has 1 aliphatic rings. The molecule has 1 aromatic carbocycles. The number of nitrogens with zero attached hydrogens (tertiary/aromatic N) is 1. The van der Waals surface area contributed by atoms with E-state index >= 15 is 0 Å². The Hall–Kier alpha value is -2.12. The lowest BCUT2D eigenvalue weighted by Crippen LogP contribution is -2.49. The fraction of sp³-hybridized carbons (Fsp3) is 0.429. The van der Waals surface area contributed by atoms with Gasteiger partial charge in [0.15, 0.2) is 0 Å². The van der Waals surface area contributed by atoms with Gasteiger partial charge in [-0.05, 0) is 5.56 Å². The van der Waals surface area contributed by atoms with E-state index in [1.807, 2.05) is 18.2 Å². The third kappa shape index (κ3) is 4.17. The predicted molar refractivity (Wildman–Crippen MR) is 71.6 cm³/mol. The Morgan fingerprint density at radius 2 is 2.00 bits per heavy atom. The second-order valence-corrected chi connectivity index (χ2v) is 4.73. The summed E-state index contributed by atoms with van der Waals surface area (Å²) in [6.07, 6.45) is -1.69. The maximum atomic E-state index is 12.1. The number of carbonyl (C=O) groups is 2. The Morgan fingerprint density at radius 1 is 1.29 bits per heavy atom. The van der Waals surface area contributed by atoms with Gasteiger partial charge in [-0.1, -0.05) is 30.3 Å². The molecule has 0 aromatic heterocycles. The lowest BCUT2D eigenvalue weighted by Gasteiger charge is -2.27. The summed E-state index contributed by atoms with van der Waals surface area (Å²) in [5, 5.41) is 18.6. The maximum Gasteiger partial charge on any atom is 0.411 e. The van der Waals surface area contributed by atoms with E-state index < -0.39 is 30.8 Å². The second kappa shape index (κ2) is 7.05. The quantitative estimate of drug-likeness (QED) is 0.819. The van der Waals surface area contributed by atoms with Crippen molar-refractivity contribution in [2.24, 2.45) is 0 Å². The minimum absolute atomic E-state index is 0.0411. The van der Waals surface area contributed by atoms with Gasteiger partial charge in [-0.3, -0.25) is 9.69 Å². The van der Waals surface area contributed by atoms with Gasteiger partial charge in [0.1, 0.15) is 19.3 Å². The molecule has 0 saturated carbocycles. The molecule has 1 saturated heterocycles. The highest BCUT2D eigenvalue weighted by molar-refractivity contribution is 5.77. The standard InChI is InChI=1S/C14H17NO6/c16-12-9-20-8-11(12)15(6-13(17)18)14(19)21-7-10-4-2-1-3-5-10/h1-5,11-12,16H,6-9H2,(H,17,18)/t11-,12-/m1/s1. The number of carboxylic acids is 1. The molecule has 7 nitrogen and oxygen atoms in total. The molecular weight excluding hydrogens is 278 g/mol. The van der Waals surface area contributed by atoms with Crippen LogP contribution in [-0.4, -0.2) is 59.1 Å². The van der Waals surface area contributed by atoms with Crippen LogP contribution in [0.3, 0.4) is 0 Å². The SMILES string of the molecule is O=C(O)CN(C(=O)OCc1ccccc1)[C@@H]1COC[C@H]1O. The summed E-state index contributed by atoms with van der Waals surface area (Å²) in [7, 11) is 0. The second-order valence-electron chi connectivity index (χ2n) is 4.73. The molecule has 7 heteroatoms. The lowest BCUT2D eigenvalue weighted by atomic mass is 10.2. The van der Waals surface area contributed by atoms with Crippen LogP contribution >= 0.6 is 0 Å². The third-order valence-electron chi connectivity index (χ3n) is 3.17.